The Morgan fingerprint density at radius 2 is 2.14 bits per heavy atom. The summed E-state index contributed by atoms with van der Waals surface area (Å²) < 4.78 is 20.4. The number of nitrogens with one attached hydrogen (secondary N) is 2. The first-order valence-electron chi connectivity index (χ1n) is 8.02. The second-order valence-electron chi connectivity index (χ2n) is 5.80. The number of hydrogen-bond donors (Lipinski definition) is 2. The van der Waals surface area contributed by atoms with Crippen LogP contribution in [0.25, 0.3) is 0 Å². The molecule has 6 nitrogen and oxygen atoms in total. The number of carbonyl (C=O) groups excluding carboxylic acids is 1. The van der Waals surface area contributed by atoms with Gasteiger partial charge in [0.2, 0.25) is 0 Å². The van der Waals surface area contributed by atoms with Gasteiger partial charge in [0.1, 0.15) is 11.4 Å². The van der Waals surface area contributed by atoms with Crippen molar-refractivity contribution in [1.82, 2.24) is 15.3 Å². The summed E-state index contributed by atoms with van der Waals surface area (Å²) in [7, 11) is 0. The number of nitriles is 1. The van der Waals surface area contributed by atoms with Crippen molar-refractivity contribution in [3.8, 4) is 17.6 Å². The molecule has 142 valence electrons. The molecule has 0 aliphatic rings. The molecule has 0 spiro atoms. The van der Waals surface area contributed by atoms with Crippen LogP contribution in [0.2, 0.25) is 10.0 Å². The fourth-order valence-corrected chi connectivity index (χ4v) is 2.86. The third-order valence-corrected chi connectivity index (χ3v) is 4.35. The van der Waals surface area contributed by atoms with Crippen molar-refractivity contribution in [2.75, 3.05) is 0 Å². The normalized spacial score (nSPS) is 10.4. The van der Waals surface area contributed by atoms with E-state index in [2.05, 4.69) is 15.3 Å². The molecule has 0 aliphatic carbocycles. The third-order valence-electron chi connectivity index (χ3n) is 3.83. The van der Waals surface area contributed by atoms with E-state index >= 15 is 0 Å². The molecule has 0 bridgehead atoms. The highest BCUT2D eigenvalue weighted by atomic mass is 35.5. The Hall–Kier alpha value is -3.08. The van der Waals surface area contributed by atoms with E-state index in [0.29, 0.717) is 5.69 Å². The quantitative estimate of drug-likeness (QED) is 0.624. The second kappa shape index (κ2) is 8.30. The molecule has 0 saturated heterocycles. The smallest absolute Gasteiger partial charge is 0.272 e. The molecule has 28 heavy (non-hydrogen) atoms. The van der Waals surface area contributed by atoms with Gasteiger partial charge in [-0.15, -0.1) is 0 Å². The van der Waals surface area contributed by atoms with E-state index in [-0.39, 0.29) is 44.9 Å². The van der Waals surface area contributed by atoms with Crippen molar-refractivity contribution in [1.29, 1.82) is 5.26 Å². The lowest BCUT2D eigenvalue weighted by atomic mass is 10.2. The topological polar surface area (TPSA) is 90.8 Å². The number of H-pyrrole nitrogens is 1. The summed E-state index contributed by atoms with van der Waals surface area (Å²) in [6.07, 6.45) is 1.40. The highest BCUT2D eigenvalue weighted by molar-refractivity contribution is 6.32. The molecule has 2 aromatic carbocycles. The fourth-order valence-electron chi connectivity index (χ4n) is 2.45. The summed E-state index contributed by atoms with van der Waals surface area (Å²) in [6.45, 7) is 1.61. The number of hydrogen-bond acceptors (Lipinski definition) is 4. The van der Waals surface area contributed by atoms with E-state index in [9.17, 15) is 9.18 Å². The molecular weight excluding hydrogens is 406 g/mol. The number of aryl methyl sites for hydroxylation is 1. The van der Waals surface area contributed by atoms with Crippen LogP contribution in [0.1, 0.15) is 27.3 Å². The van der Waals surface area contributed by atoms with Crippen molar-refractivity contribution >= 4 is 29.1 Å². The maximum absolute atomic E-state index is 14.9. The van der Waals surface area contributed by atoms with Crippen molar-refractivity contribution in [2.45, 2.75) is 13.5 Å². The Balaban J connectivity index is 1.82. The summed E-state index contributed by atoms with van der Waals surface area (Å²) in [5, 5.41) is 11.9. The first kappa shape index (κ1) is 19.7. The van der Waals surface area contributed by atoms with Gasteiger partial charge in [0.15, 0.2) is 11.6 Å². The molecule has 2 N–H and O–H groups in total. The molecule has 3 aromatic rings. The number of ether oxygens (including phenoxy) is 1. The highest BCUT2D eigenvalue weighted by Gasteiger charge is 2.17. The second-order valence-corrected chi connectivity index (χ2v) is 6.64. The van der Waals surface area contributed by atoms with E-state index in [1.807, 2.05) is 6.07 Å². The first-order valence-corrected chi connectivity index (χ1v) is 8.78. The zero-order chi connectivity index (χ0) is 20.3. The van der Waals surface area contributed by atoms with Crippen molar-refractivity contribution in [3.05, 3.63) is 75.0 Å². The van der Waals surface area contributed by atoms with Gasteiger partial charge in [-0.3, -0.25) is 4.79 Å². The predicted molar refractivity (Wildman–Crippen MR) is 102 cm³/mol. The third kappa shape index (κ3) is 4.25. The predicted octanol–water partition coefficient (Wildman–Crippen LogP) is 4.76. The van der Waals surface area contributed by atoms with Crippen molar-refractivity contribution < 1.29 is 13.9 Å². The Morgan fingerprint density at radius 3 is 2.82 bits per heavy atom. The minimum Gasteiger partial charge on any atom is -0.453 e. The minimum atomic E-state index is -0.731. The number of nitrogens with zero attached hydrogens (tertiary/aromatic N) is 2. The maximum Gasteiger partial charge on any atom is 0.272 e. The van der Waals surface area contributed by atoms with Crippen molar-refractivity contribution in [2.24, 2.45) is 0 Å². The SMILES string of the molecule is Cc1[nH]cnc1C(=O)NCc1ccc(Cl)c(Oc2cc(Cl)cc(C#N)c2)c1F. The molecule has 9 heteroatoms. The number of amides is 1. The standard InChI is InChI=1S/C19H13Cl2FN4O2/c1-10-17(26-9-25-10)19(27)24-8-12-2-3-15(21)18(16(12)22)28-14-5-11(7-23)4-13(20)6-14/h2-6,9H,8H2,1H3,(H,24,27)(H,25,26). The number of carbonyl (C=O) groups is 1. The van der Waals surface area contributed by atoms with Crippen LogP contribution in [-0.4, -0.2) is 15.9 Å². The molecule has 0 atom stereocenters. The Labute approximate surface area is 169 Å². The summed E-state index contributed by atoms with van der Waals surface area (Å²) in [4.78, 5) is 18.9. The molecule has 3 rings (SSSR count). The molecule has 0 saturated carbocycles. The van der Waals surface area contributed by atoms with Crippen LogP contribution >= 0.6 is 23.2 Å². The highest BCUT2D eigenvalue weighted by Crippen LogP contribution is 2.35. The number of halogens is 3. The largest absolute Gasteiger partial charge is 0.453 e. The summed E-state index contributed by atoms with van der Waals surface area (Å²) in [5.74, 6) is -1.23. The molecular formula is C19H13Cl2FN4O2. The number of imidazole rings is 1. The Kier molecular flexibility index (Phi) is 5.83. The molecule has 0 aliphatic heterocycles. The Bertz CT molecular complexity index is 1090. The summed E-state index contributed by atoms with van der Waals surface area (Å²) >= 11 is 12.0. The lowest BCUT2D eigenvalue weighted by molar-refractivity contribution is 0.0945. The minimum absolute atomic E-state index is 0.0363. The van der Waals surface area contributed by atoms with E-state index in [1.165, 1.54) is 36.7 Å². The molecule has 0 radical (unpaired) electrons. The van der Waals surface area contributed by atoms with Gasteiger partial charge in [-0.1, -0.05) is 29.3 Å². The van der Waals surface area contributed by atoms with Crippen LogP contribution in [0, 0.1) is 24.1 Å². The van der Waals surface area contributed by atoms with Crippen LogP contribution in [-0.2, 0) is 6.54 Å². The van der Waals surface area contributed by atoms with Gasteiger partial charge in [-0.2, -0.15) is 5.26 Å². The number of aromatic nitrogens is 2. The maximum atomic E-state index is 14.9. The van der Waals surface area contributed by atoms with Gasteiger partial charge in [-0.25, -0.2) is 9.37 Å². The summed E-state index contributed by atoms with van der Waals surface area (Å²) in [6, 6.07) is 9.14. The van der Waals surface area contributed by atoms with Crippen molar-refractivity contribution in [3.63, 3.8) is 0 Å². The lowest BCUT2D eigenvalue weighted by Gasteiger charge is -2.13. The zero-order valence-electron chi connectivity index (χ0n) is 14.5. The van der Waals surface area contributed by atoms with Gasteiger partial charge < -0.3 is 15.0 Å². The first-order chi connectivity index (χ1) is 13.4. The van der Waals surface area contributed by atoms with Gasteiger partial charge in [0.25, 0.3) is 5.91 Å². The van der Waals surface area contributed by atoms with E-state index in [1.54, 1.807) is 6.92 Å². The zero-order valence-corrected chi connectivity index (χ0v) is 16.0. The Morgan fingerprint density at radius 1 is 1.36 bits per heavy atom. The van der Waals surface area contributed by atoms with Gasteiger partial charge in [0, 0.05) is 22.8 Å². The van der Waals surface area contributed by atoms with Crippen LogP contribution in [0.15, 0.2) is 36.7 Å². The number of rotatable bonds is 5. The van der Waals surface area contributed by atoms with E-state index < -0.39 is 11.7 Å². The average Bonchev–Trinajstić information content (AvgIpc) is 3.09. The van der Waals surface area contributed by atoms with Gasteiger partial charge in [-0.05, 0) is 31.2 Å². The monoisotopic (exact) mass is 418 g/mol. The van der Waals surface area contributed by atoms with Crippen LogP contribution in [0.5, 0.6) is 11.5 Å². The van der Waals surface area contributed by atoms with E-state index in [4.69, 9.17) is 33.2 Å². The molecule has 1 heterocycles. The van der Waals surface area contributed by atoms with E-state index in [0.717, 1.165) is 0 Å². The number of aromatic amines is 1. The van der Waals surface area contributed by atoms with Crippen LogP contribution in [0.3, 0.4) is 0 Å². The summed E-state index contributed by atoms with van der Waals surface area (Å²) in [5.41, 5.74) is 1.27. The molecule has 1 aromatic heterocycles. The van der Waals surface area contributed by atoms with Gasteiger partial charge >= 0.3 is 0 Å². The molecule has 0 fully saturated rings. The van der Waals surface area contributed by atoms with Crippen LogP contribution in [0.4, 0.5) is 4.39 Å². The fraction of sp³-hybridized carbons (Fsp3) is 0.105. The average molecular weight is 419 g/mol. The molecule has 1 amide bonds. The lowest BCUT2D eigenvalue weighted by Crippen LogP contribution is -2.24. The molecule has 0 unspecified atom stereocenters. The van der Waals surface area contributed by atoms with Gasteiger partial charge in [0.05, 0.1) is 23.0 Å². The van der Waals surface area contributed by atoms with Crippen LogP contribution < -0.4 is 10.1 Å². The number of benzene rings is 2.